The molecule has 1 aromatic rings. The lowest BCUT2D eigenvalue weighted by Gasteiger charge is -2.23. The summed E-state index contributed by atoms with van der Waals surface area (Å²) in [6.07, 6.45) is 3.42. The van der Waals surface area contributed by atoms with Crippen molar-refractivity contribution in [3.8, 4) is 0 Å². The number of hydrogen-bond donors (Lipinski definition) is 2. The van der Waals surface area contributed by atoms with Gasteiger partial charge in [0.2, 0.25) is 0 Å². The first-order valence-electron chi connectivity index (χ1n) is 7.47. The number of aryl methyl sites for hydroxylation is 2. The van der Waals surface area contributed by atoms with Crippen molar-refractivity contribution in [3.63, 3.8) is 0 Å². The lowest BCUT2D eigenvalue weighted by Crippen LogP contribution is -2.40. The minimum atomic E-state index is -0.975. The van der Waals surface area contributed by atoms with E-state index in [9.17, 15) is 9.59 Å². The standard InChI is InChI=1S/C16H22N2O3/c1-3-11-6-5-7-12(4-2)15(11)17-16(21)18(10-14(19)20)13-8-9-13/h5-7,13H,3-4,8-10H2,1-2H3,(H,17,21)(H,19,20). The van der Waals surface area contributed by atoms with Gasteiger partial charge in [-0.3, -0.25) is 4.79 Å². The number of carbonyl (C=O) groups is 2. The van der Waals surface area contributed by atoms with Gasteiger partial charge in [0, 0.05) is 11.7 Å². The van der Waals surface area contributed by atoms with Crippen LogP contribution in [0, 0.1) is 0 Å². The van der Waals surface area contributed by atoms with Gasteiger partial charge in [-0.25, -0.2) is 4.79 Å². The number of nitrogens with one attached hydrogen (secondary N) is 1. The van der Waals surface area contributed by atoms with E-state index in [-0.39, 0.29) is 18.6 Å². The van der Waals surface area contributed by atoms with E-state index in [1.165, 1.54) is 4.90 Å². The van der Waals surface area contributed by atoms with Gasteiger partial charge in [0.05, 0.1) is 0 Å². The molecule has 1 saturated carbocycles. The summed E-state index contributed by atoms with van der Waals surface area (Å²) in [5.41, 5.74) is 2.99. The third-order valence-corrected chi connectivity index (χ3v) is 3.78. The quantitative estimate of drug-likeness (QED) is 0.846. The van der Waals surface area contributed by atoms with Crippen molar-refractivity contribution in [2.24, 2.45) is 0 Å². The van der Waals surface area contributed by atoms with E-state index in [0.29, 0.717) is 0 Å². The third-order valence-electron chi connectivity index (χ3n) is 3.78. The Morgan fingerprint density at radius 3 is 2.24 bits per heavy atom. The molecule has 2 N–H and O–H groups in total. The van der Waals surface area contributed by atoms with Gasteiger partial charge in [-0.15, -0.1) is 0 Å². The van der Waals surface area contributed by atoms with Crippen LogP contribution in [0.4, 0.5) is 10.5 Å². The summed E-state index contributed by atoms with van der Waals surface area (Å²) in [5, 5.41) is 11.9. The Labute approximate surface area is 125 Å². The summed E-state index contributed by atoms with van der Waals surface area (Å²) < 4.78 is 0. The zero-order valence-electron chi connectivity index (χ0n) is 12.6. The van der Waals surface area contributed by atoms with Gasteiger partial charge in [0.15, 0.2) is 0 Å². The second kappa shape index (κ2) is 6.61. The van der Waals surface area contributed by atoms with E-state index < -0.39 is 5.97 Å². The van der Waals surface area contributed by atoms with Gasteiger partial charge in [0.1, 0.15) is 6.54 Å². The molecule has 1 aromatic carbocycles. The molecule has 0 bridgehead atoms. The van der Waals surface area contributed by atoms with Crippen LogP contribution < -0.4 is 5.32 Å². The zero-order chi connectivity index (χ0) is 15.4. The maximum atomic E-state index is 12.4. The Kier molecular flexibility index (Phi) is 4.83. The molecule has 2 amide bonds. The zero-order valence-corrected chi connectivity index (χ0v) is 12.6. The Balaban J connectivity index is 2.19. The minimum absolute atomic E-state index is 0.0694. The molecule has 114 valence electrons. The fourth-order valence-corrected chi connectivity index (χ4v) is 2.48. The second-order valence-electron chi connectivity index (χ2n) is 5.34. The van der Waals surface area contributed by atoms with Crippen molar-refractivity contribution in [3.05, 3.63) is 29.3 Å². The van der Waals surface area contributed by atoms with Gasteiger partial charge in [-0.05, 0) is 36.8 Å². The molecule has 0 heterocycles. The molecule has 0 unspecified atom stereocenters. The first kappa shape index (κ1) is 15.4. The molecule has 0 spiro atoms. The van der Waals surface area contributed by atoms with Crippen LogP contribution in [-0.2, 0) is 17.6 Å². The van der Waals surface area contributed by atoms with Crippen LogP contribution >= 0.6 is 0 Å². The van der Waals surface area contributed by atoms with Crippen LogP contribution in [0.3, 0.4) is 0 Å². The van der Waals surface area contributed by atoms with Crippen LogP contribution in [0.5, 0.6) is 0 Å². The predicted molar refractivity (Wildman–Crippen MR) is 81.6 cm³/mol. The van der Waals surface area contributed by atoms with Gasteiger partial charge >= 0.3 is 12.0 Å². The number of para-hydroxylation sites is 1. The van der Waals surface area contributed by atoms with Crippen LogP contribution in [0.15, 0.2) is 18.2 Å². The highest BCUT2D eigenvalue weighted by molar-refractivity contribution is 5.93. The van der Waals surface area contributed by atoms with Crippen molar-refractivity contribution < 1.29 is 14.7 Å². The fourth-order valence-electron chi connectivity index (χ4n) is 2.48. The van der Waals surface area contributed by atoms with Gasteiger partial charge < -0.3 is 15.3 Å². The summed E-state index contributed by atoms with van der Waals surface area (Å²) in [7, 11) is 0. The molecule has 5 nitrogen and oxygen atoms in total. The van der Waals surface area contributed by atoms with Gasteiger partial charge in [0.25, 0.3) is 0 Å². The number of aliphatic carboxylic acids is 1. The molecular formula is C16H22N2O3. The Morgan fingerprint density at radius 2 is 1.81 bits per heavy atom. The number of amides is 2. The lowest BCUT2D eigenvalue weighted by molar-refractivity contribution is -0.137. The molecule has 0 atom stereocenters. The van der Waals surface area contributed by atoms with Crippen molar-refractivity contribution >= 4 is 17.7 Å². The van der Waals surface area contributed by atoms with E-state index in [1.54, 1.807) is 0 Å². The number of carboxylic acid groups (broad SMARTS) is 1. The number of benzene rings is 1. The summed E-state index contributed by atoms with van der Waals surface area (Å²) in [5.74, 6) is -0.975. The highest BCUT2D eigenvalue weighted by Gasteiger charge is 2.34. The van der Waals surface area contributed by atoms with Crippen LogP contribution in [0.1, 0.15) is 37.8 Å². The topological polar surface area (TPSA) is 69.6 Å². The van der Waals surface area contributed by atoms with Crippen LogP contribution in [0.25, 0.3) is 0 Å². The van der Waals surface area contributed by atoms with Crippen molar-refractivity contribution in [2.45, 2.75) is 45.6 Å². The van der Waals surface area contributed by atoms with Crippen molar-refractivity contribution in [1.29, 1.82) is 0 Å². The minimum Gasteiger partial charge on any atom is -0.480 e. The van der Waals surface area contributed by atoms with E-state index in [4.69, 9.17) is 5.11 Å². The van der Waals surface area contributed by atoms with Crippen LogP contribution in [0.2, 0.25) is 0 Å². The number of nitrogens with zero attached hydrogens (tertiary/aromatic N) is 1. The Morgan fingerprint density at radius 1 is 1.24 bits per heavy atom. The number of carboxylic acids is 1. The first-order valence-corrected chi connectivity index (χ1v) is 7.47. The van der Waals surface area contributed by atoms with E-state index in [0.717, 1.165) is 42.5 Å². The SMILES string of the molecule is CCc1cccc(CC)c1NC(=O)N(CC(=O)O)C1CC1. The fraction of sp³-hybridized carbons (Fsp3) is 0.500. The number of urea groups is 1. The van der Waals surface area contributed by atoms with E-state index >= 15 is 0 Å². The van der Waals surface area contributed by atoms with E-state index in [1.807, 2.05) is 32.0 Å². The number of carbonyl (C=O) groups excluding carboxylic acids is 1. The monoisotopic (exact) mass is 290 g/mol. The summed E-state index contributed by atoms with van der Waals surface area (Å²) in [6, 6.07) is 5.74. The summed E-state index contributed by atoms with van der Waals surface area (Å²) in [4.78, 5) is 24.8. The average Bonchev–Trinajstić information content (AvgIpc) is 3.29. The number of rotatable bonds is 6. The third kappa shape index (κ3) is 3.74. The van der Waals surface area contributed by atoms with Gasteiger partial charge in [-0.1, -0.05) is 32.0 Å². The molecule has 0 saturated heterocycles. The van der Waals surface area contributed by atoms with E-state index in [2.05, 4.69) is 5.32 Å². The molecule has 1 aliphatic carbocycles. The maximum Gasteiger partial charge on any atom is 0.323 e. The Hall–Kier alpha value is -2.04. The maximum absolute atomic E-state index is 12.4. The largest absolute Gasteiger partial charge is 0.480 e. The molecular weight excluding hydrogens is 268 g/mol. The average molecular weight is 290 g/mol. The number of anilines is 1. The van der Waals surface area contributed by atoms with Crippen LogP contribution in [-0.4, -0.2) is 34.6 Å². The molecule has 5 heteroatoms. The highest BCUT2D eigenvalue weighted by atomic mass is 16.4. The molecule has 0 radical (unpaired) electrons. The molecule has 0 aliphatic heterocycles. The predicted octanol–water partition coefficient (Wildman–Crippen LogP) is 2.89. The molecule has 21 heavy (non-hydrogen) atoms. The lowest BCUT2D eigenvalue weighted by atomic mass is 10.0. The smallest absolute Gasteiger partial charge is 0.323 e. The summed E-state index contributed by atoms with van der Waals surface area (Å²) in [6.45, 7) is 3.84. The van der Waals surface area contributed by atoms with Crippen molar-refractivity contribution in [2.75, 3.05) is 11.9 Å². The summed E-state index contributed by atoms with van der Waals surface area (Å²) >= 11 is 0. The van der Waals surface area contributed by atoms with Crippen molar-refractivity contribution in [1.82, 2.24) is 4.90 Å². The number of hydrogen-bond acceptors (Lipinski definition) is 2. The second-order valence-corrected chi connectivity index (χ2v) is 5.34. The van der Waals surface area contributed by atoms with Gasteiger partial charge in [-0.2, -0.15) is 0 Å². The molecule has 1 fully saturated rings. The molecule has 2 rings (SSSR count). The molecule has 0 aromatic heterocycles. The first-order chi connectivity index (χ1) is 10.1. The molecule has 1 aliphatic rings. The Bertz CT molecular complexity index is 516. The highest BCUT2D eigenvalue weighted by Crippen LogP contribution is 2.28. The normalized spacial score (nSPS) is 13.8.